The molecule has 0 fully saturated rings. The van der Waals surface area contributed by atoms with E-state index in [0.29, 0.717) is 10.9 Å². The molecule has 1 heterocycles. The molecule has 1 aromatic heterocycles. The number of aromatic nitrogens is 1. The molecule has 0 aliphatic heterocycles. The third-order valence-corrected chi connectivity index (χ3v) is 4.05. The van der Waals surface area contributed by atoms with Gasteiger partial charge in [-0.15, -0.1) is 0 Å². The zero-order chi connectivity index (χ0) is 21.0. The van der Waals surface area contributed by atoms with Crippen LogP contribution in [0.15, 0.2) is 49.1 Å². The van der Waals surface area contributed by atoms with Crippen molar-refractivity contribution in [2.75, 3.05) is 0 Å². The maximum Gasteiger partial charge on any atom is 0.248 e. The second-order valence-electron chi connectivity index (χ2n) is 5.86. The fourth-order valence-corrected chi connectivity index (χ4v) is 2.64. The number of phenols is 1. The lowest BCUT2D eigenvalue weighted by Gasteiger charge is -2.05. The number of benzene rings is 1. The van der Waals surface area contributed by atoms with E-state index in [-0.39, 0.29) is 11.3 Å². The molecule has 3 N–H and O–H groups in total. The molecule has 0 aliphatic carbocycles. The van der Waals surface area contributed by atoms with Crippen LogP contribution in [-0.2, 0) is 11.3 Å². The van der Waals surface area contributed by atoms with Gasteiger partial charge in [-0.3, -0.25) is 4.79 Å². The summed E-state index contributed by atoms with van der Waals surface area (Å²) in [4.78, 5) is 11.3. The molecule has 0 atom stereocenters. The second-order valence-corrected chi connectivity index (χ2v) is 5.86. The van der Waals surface area contributed by atoms with Gasteiger partial charge >= 0.3 is 0 Å². The second kappa shape index (κ2) is 12.6. The average molecular weight is 371 g/mol. The molecule has 0 unspecified atom stereocenters. The smallest absolute Gasteiger partial charge is 0.248 e. The van der Waals surface area contributed by atoms with Gasteiger partial charge in [-0.05, 0) is 53.2 Å². The van der Waals surface area contributed by atoms with E-state index in [4.69, 9.17) is 5.73 Å². The maximum absolute atomic E-state index is 11.3. The van der Waals surface area contributed by atoms with E-state index in [1.165, 1.54) is 0 Å². The third-order valence-electron chi connectivity index (χ3n) is 4.05. The zero-order valence-corrected chi connectivity index (χ0v) is 17.5. The summed E-state index contributed by atoms with van der Waals surface area (Å²) in [5, 5.41) is 10.6. The van der Waals surface area contributed by atoms with E-state index in [0.717, 1.165) is 24.2 Å². The standard InChI is InChI=1S/C14H16N2O2.C5H10.C4H8/c1-4-16-9(3)12(8(2)14(15)18)13-10(16)6-5-7-11(13)17;1-3-5-4-2;1-3-4-2/h5-7,17H,2,4H2,1,3H3,(H2,15,18);3,5H,4H2,1-2H3;3-4H,1-2H3/b;5-3-;4-3-. The molecule has 0 saturated heterocycles. The number of phenolic OH excluding ortho intramolecular Hbond substituents is 1. The molecule has 2 aromatic rings. The first-order valence-corrected chi connectivity index (χ1v) is 9.30. The van der Waals surface area contributed by atoms with Crippen LogP contribution in [0.25, 0.3) is 16.5 Å². The Kier molecular flexibility index (Phi) is 11.3. The summed E-state index contributed by atoms with van der Waals surface area (Å²) < 4.78 is 2.03. The molecule has 0 aliphatic rings. The average Bonchev–Trinajstić information content (AvgIpc) is 2.94. The number of fused-ring (bicyclic) bond motifs is 1. The molecule has 4 heteroatoms. The van der Waals surface area contributed by atoms with Gasteiger partial charge in [0, 0.05) is 28.8 Å². The molecule has 1 amide bonds. The van der Waals surface area contributed by atoms with Crippen molar-refractivity contribution in [3.05, 3.63) is 60.3 Å². The highest BCUT2D eigenvalue weighted by atomic mass is 16.3. The number of carbonyl (C=O) groups excluding carboxylic acids is 1. The summed E-state index contributed by atoms with van der Waals surface area (Å²) in [6.45, 7) is 16.5. The van der Waals surface area contributed by atoms with Gasteiger partial charge in [-0.25, -0.2) is 0 Å². The van der Waals surface area contributed by atoms with Crippen LogP contribution in [0.4, 0.5) is 0 Å². The Morgan fingerprint density at radius 3 is 2.15 bits per heavy atom. The number of allylic oxidation sites excluding steroid dienone is 4. The van der Waals surface area contributed by atoms with Gasteiger partial charge in [0.05, 0.1) is 5.52 Å². The van der Waals surface area contributed by atoms with Gasteiger partial charge in [-0.2, -0.15) is 0 Å². The Morgan fingerprint density at radius 2 is 1.78 bits per heavy atom. The summed E-state index contributed by atoms with van der Waals surface area (Å²) in [6, 6.07) is 5.28. The molecular weight excluding hydrogens is 336 g/mol. The number of aryl methyl sites for hydroxylation is 1. The predicted octanol–water partition coefficient (Wildman–Crippen LogP) is 5.73. The molecule has 27 heavy (non-hydrogen) atoms. The fraction of sp³-hybridized carbons (Fsp3) is 0.348. The maximum atomic E-state index is 11.3. The highest BCUT2D eigenvalue weighted by Crippen LogP contribution is 2.36. The number of nitrogens with zero attached hydrogens (tertiary/aromatic N) is 1. The molecule has 2 rings (SSSR count). The number of carbonyl (C=O) groups is 1. The van der Waals surface area contributed by atoms with Crippen LogP contribution in [0, 0.1) is 6.92 Å². The Labute approximate surface area is 163 Å². The number of nitrogens with two attached hydrogens (primary N) is 1. The highest BCUT2D eigenvalue weighted by Gasteiger charge is 2.20. The molecule has 4 nitrogen and oxygen atoms in total. The minimum absolute atomic E-state index is 0.139. The van der Waals surface area contributed by atoms with Crippen LogP contribution in [0.2, 0.25) is 0 Å². The number of hydrogen-bond donors (Lipinski definition) is 2. The number of primary amides is 1. The van der Waals surface area contributed by atoms with Crippen LogP contribution in [0.5, 0.6) is 5.75 Å². The van der Waals surface area contributed by atoms with E-state index in [9.17, 15) is 9.90 Å². The van der Waals surface area contributed by atoms with Crippen molar-refractivity contribution in [1.82, 2.24) is 4.57 Å². The van der Waals surface area contributed by atoms with Crippen molar-refractivity contribution >= 4 is 22.4 Å². The molecule has 1 aromatic carbocycles. The minimum Gasteiger partial charge on any atom is -0.507 e. The first-order chi connectivity index (χ1) is 12.8. The largest absolute Gasteiger partial charge is 0.507 e. The lowest BCUT2D eigenvalue weighted by atomic mass is 10.0. The summed E-state index contributed by atoms with van der Waals surface area (Å²) in [6.07, 6.45) is 9.34. The van der Waals surface area contributed by atoms with Crippen molar-refractivity contribution < 1.29 is 9.90 Å². The zero-order valence-electron chi connectivity index (χ0n) is 17.5. The Balaban J connectivity index is 0.000000630. The topological polar surface area (TPSA) is 68.2 Å². The van der Waals surface area contributed by atoms with E-state index >= 15 is 0 Å². The SMILES string of the molecule is C/C=C\C.C/C=C\CC.C=C(C(N)=O)c1c(C)n(CC)c2cccc(O)c12. The van der Waals surface area contributed by atoms with Gasteiger partial charge in [-0.1, -0.05) is 43.9 Å². The van der Waals surface area contributed by atoms with Gasteiger partial charge in [0.25, 0.3) is 0 Å². The monoisotopic (exact) mass is 370 g/mol. The lowest BCUT2D eigenvalue weighted by molar-refractivity contribution is -0.112. The predicted molar refractivity (Wildman–Crippen MR) is 118 cm³/mol. The van der Waals surface area contributed by atoms with Crippen LogP contribution in [-0.4, -0.2) is 15.6 Å². The van der Waals surface area contributed by atoms with Crippen molar-refractivity contribution in [2.24, 2.45) is 5.73 Å². The fourth-order valence-electron chi connectivity index (χ4n) is 2.64. The van der Waals surface area contributed by atoms with Crippen LogP contribution < -0.4 is 5.73 Å². The van der Waals surface area contributed by atoms with Gasteiger partial charge in [0.1, 0.15) is 5.75 Å². The van der Waals surface area contributed by atoms with Crippen LogP contribution in [0.3, 0.4) is 0 Å². The summed E-state index contributed by atoms with van der Waals surface area (Å²) in [7, 11) is 0. The third kappa shape index (κ3) is 6.48. The van der Waals surface area contributed by atoms with E-state index in [2.05, 4.69) is 25.7 Å². The summed E-state index contributed by atoms with van der Waals surface area (Å²) >= 11 is 0. The minimum atomic E-state index is -0.573. The van der Waals surface area contributed by atoms with Crippen molar-refractivity contribution in [1.29, 1.82) is 0 Å². The van der Waals surface area contributed by atoms with Crippen LogP contribution in [0.1, 0.15) is 52.3 Å². The van der Waals surface area contributed by atoms with E-state index < -0.39 is 5.91 Å². The van der Waals surface area contributed by atoms with Crippen molar-refractivity contribution in [2.45, 2.75) is 54.5 Å². The number of rotatable bonds is 4. The van der Waals surface area contributed by atoms with Gasteiger partial charge in [0.2, 0.25) is 5.91 Å². The van der Waals surface area contributed by atoms with Gasteiger partial charge < -0.3 is 15.4 Å². The normalized spacial score (nSPS) is 10.4. The Bertz CT molecular complexity index is 807. The molecule has 0 bridgehead atoms. The quantitative estimate of drug-likeness (QED) is 0.533. The molecular formula is C23H34N2O2. The van der Waals surface area contributed by atoms with Gasteiger partial charge in [0.15, 0.2) is 0 Å². The van der Waals surface area contributed by atoms with Crippen LogP contribution >= 0.6 is 0 Å². The number of amides is 1. The molecule has 0 spiro atoms. The highest BCUT2D eigenvalue weighted by molar-refractivity contribution is 6.22. The van der Waals surface area contributed by atoms with E-state index in [1.807, 2.05) is 57.4 Å². The van der Waals surface area contributed by atoms with Crippen molar-refractivity contribution in [3.63, 3.8) is 0 Å². The first-order valence-electron chi connectivity index (χ1n) is 9.30. The number of aromatic hydroxyl groups is 1. The first kappa shape index (κ1) is 24.2. The molecule has 148 valence electrons. The Hall–Kier alpha value is -2.75. The Morgan fingerprint density at radius 1 is 1.19 bits per heavy atom. The molecule has 0 radical (unpaired) electrons. The molecule has 0 saturated carbocycles. The lowest BCUT2D eigenvalue weighted by Crippen LogP contribution is -2.12. The summed E-state index contributed by atoms with van der Waals surface area (Å²) in [5.74, 6) is -0.434. The summed E-state index contributed by atoms with van der Waals surface area (Å²) in [5.41, 5.74) is 7.93. The van der Waals surface area contributed by atoms with E-state index in [1.54, 1.807) is 12.1 Å². The number of hydrogen-bond acceptors (Lipinski definition) is 2. The van der Waals surface area contributed by atoms with Crippen molar-refractivity contribution in [3.8, 4) is 5.75 Å².